The molecule has 0 amide bonds. The van der Waals surface area contributed by atoms with Crippen molar-refractivity contribution >= 4 is 5.69 Å². The topological polar surface area (TPSA) is 24.1 Å². The van der Waals surface area contributed by atoms with Gasteiger partial charge in [-0.05, 0) is 37.2 Å². The summed E-state index contributed by atoms with van der Waals surface area (Å²) in [7, 11) is 3.93. The molecule has 2 aromatic carbocycles. The van der Waals surface area contributed by atoms with E-state index in [1.54, 1.807) is 0 Å². The van der Waals surface area contributed by atoms with Crippen molar-refractivity contribution in [3.8, 4) is 0 Å². The summed E-state index contributed by atoms with van der Waals surface area (Å²) < 4.78 is 0. The van der Waals surface area contributed by atoms with Crippen LogP contribution in [0, 0.1) is 6.92 Å². The van der Waals surface area contributed by atoms with E-state index >= 15 is 0 Å². The SMILES string of the molecule is CNc1ccc(C(NC)c2cccc(C)c2)cc1. The van der Waals surface area contributed by atoms with Gasteiger partial charge in [0.25, 0.3) is 0 Å². The maximum absolute atomic E-state index is 3.38. The molecule has 0 saturated carbocycles. The molecule has 0 aliphatic heterocycles. The highest BCUT2D eigenvalue weighted by Crippen LogP contribution is 2.23. The Hall–Kier alpha value is -1.80. The van der Waals surface area contributed by atoms with Gasteiger partial charge in [-0.1, -0.05) is 42.0 Å². The zero-order valence-corrected chi connectivity index (χ0v) is 11.2. The Bertz CT molecular complexity index is 503. The number of nitrogens with one attached hydrogen (secondary N) is 2. The third-order valence-electron chi connectivity index (χ3n) is 3.20. The van der Waals surface area contributed by atoms with Crippen molar-refractivity contribution in [3.05, 3.63) is 65.2 Å². The highest BCUT2D eigenvalue weighted by atomic mass is 14.9. The standard InChI is InChI=1S/C16H20N2/c1-12-5-4-6-14(11-12)16(18-3)13-7-9-15(17-2)10-8-13/h4-11,16-18H,1-3H3. The minimum absolute atomic E-state index is 0.246. The predicted octanol–water partition coefficient (Wildman–Crippen LogP) is 3.35. The van der Waals surface area contributed by atoms with Gasteiger partial charge in [-0.2, -0.15) is 0 Å². The van der Waals surface area contributed by atoms with Crippen LogP contribution in [0.2, 0.25) is 0 Å². The first-order chi connectivity index (χ1) is 8.74. The second kappa shape index (κ2) is 5.69. The van der Waals surface area contributed by atoms with Crippen LogP contribution < -0.4 is 10.6 Å². The normalized spacial score (nSPS) is 12.2. The average Bonchev–Trinajstić information content (AvgIpc) is 2.40. The number of aryl methyl sites for hydroxylation is 1. The first kappa shape index (κ1) is 12.7. The zero-order valence-electron chi connectivity index (χ0n) is 11.2. The summed E-state index contributed by atoms with van der Waals surface area (Å²) in [4.78, 5) is 0. The van der Waals surface area contributed by atoms with Gasteiger partial charge in [0.15, 0.2) is 0 Å². The first-order valence-electron chi connectivity index (χ1n) is 6.26. The van der Waals surface area contributed by atoms with Gasteiger partial charge in [-0.3, -0.25) is 0 Å². The number of hydrogen-bond donors (Lipinski definition) is 2. The number of anilines is 1. The largest absolute Gasteiger partial charge is 0.388 e. The Morgan fingerprint density at radius 3 is 2.17 bits per heavy atom. The molecule has 18 heavy (non-hydrogen) atoms. The molecule has 2 heteroatoms. The lowest BCUT2D eigenvalue weighted by molar-refractivity contribution is 0.691. The van der Waals surface area contributed by atoms with Gasteiger partial charge < -0.3 is 10.6 Å². The third kappa shape index (κ3) is 2.71. The molecule has 0 fully saturated rings. The minimum atomic E-state index is 0.246. The molecule has 2 aromatic rings. The van der Waals surface area contributed by atoms with Crippen LogP contribution in [0.15, 0.2) is 48.5 Å². The molecule has 0 radical (unpaired) electrons. The molecule has 1 atom stereocenters. The highest BCUT2D eigenvalue weighted by molar-refractivity contribution is 5.46. The van der Waals surface area contributed by atoms with Crippen molar-refractivity contribution in [1.29, 1.82) is 0 Å². The van der Waals surface area contributed by atoms with Crippen LogP contribution in [-0.2, 0) is 0 Å². The van der Waals surface area contributed by atoms with E-state index in [1.807, 2.05) is 14.1 Å². The predicted molar refractivity (Wildman–Crippen MR) is 78.1 cm³/mol. The Morgan fingerprint density at radius 2 is 1.61 bits per heavy atom. The van der Waals surface area contributed by atoms with Gasteiger partial charge in [0, 0.05) is 12.7 Å². The van der Waals surface area contributed by atoms with E-state index in [0.717, 1.165) is 5.69 Å². The van der Waals surface area contributed by atoms with Crippen molar-refractivity contribution in [2.24, 2.45) is 0 Å². The Balaban J connectivity index is 2.32. The molecule has 2 nitrogen and oxygen atoms in total. The van der Waals surface area contributed by atoms with Crippen molar-refractivity contribution in [3.63, 3.8) is 0 Å². The summed E-state index contributed by atoms with van der Waals surface area (Å²) in [5.41, 5.74) is 5.01. The monoisotopic (exact) mass is 240 g/mol. The fourth-order valence-electron chi connectivity index (χ4n) is 2.22. The Labute approximate surface area is 109 Å². The summed E-state index contributed by atoms with van der Waals surface area (Å²) in [6.07, 6.45) is 0. The van der Waals surface area contributed by atoms with E-state index in [-0.39, 0.29) is 6.04 Å². The smallest absolute Gasteiger partial charge is 0.0574 e. The van der Waals surface area contributed by atoms with Crippen LogP contribution in [0.1, 0.15) is 22.7 Å². The van der Waals surface area contributed by atoms with E-state index in [1.165, 1.54) is 16.7 Å². The fourth-order valence-corrected chi connectivity index (χ4v) is 2.22. The third-order valence-corrected chi connectivity index (χ3v) is 3.20. The molecule has 1 unspecified atom stereocenters. The second-order valence-corrected chi connectivity index (χ2v) is 4.51. The van der Waals surface area contributed by atoms with Gasteiger partial charge in [-0.15, -0.1) is 0 Å². The average molecular weight is 240 g/mol. The molecule has 2 N–H and O–H groups in total. The molecule has 0 aliphatic carbocycles. The van der Waals surface area contributed by atoms with Crippen LogP contribution in [0.4, 0.5) is 5.69 Å². The highest BCUT2D eigenvalue weighted by Gasteiger charge is 2.11. The summed E-state index contributed by atoms with van der Waals surface area (Å²) in [6, 6.07) is 17.4. The number of rotatable bonds is 4. The molecule has 2 rings (SSSR count). The summed E-state index contributed by atoms with van der Waals surface area (Å²) in [5.74, 6) is 0. The summed E-state index contributed by atoms with van der Waals surface area (Å²) in [6.45, 7) is 2.13. The van der Waals surface area contributed by atoms with E-state index in [0.29, 0.717) is 0 Å². The van der Waals surface area contributed by atoms with E-state index in [4.69, 9.17) is 0 Å². The molecule has 0 aromatic heterocycles. The van der Waals surface area contributed by atoms with Crippen LogP contribution in [0.3, 0.4) is 0 Å². The van der Waals surface area contributed by atoms with E-state index in [9.17, 15) is 0 Å². The molecular formula is C16H20N2. The van der Waals surface area contributed by atoms with Crippen LogP contribution in [-0.4, -0.2) is 14.1 Å². The van der Waals surface area contributed by atoms with Crippen LogP contribution >= 0.6 is 0 Å². The van der Waals surface area contributed by atoms with Crippen LogP contribution in [0.5, 0.6) is 0 Å². The Kier molecular flexibility index (Phi) is 4.00. The van der Waals surface area contributed by atoms with Gasteiger partial charge in [0.05, 0.1) is 6.04 Å². The molecular weight excluding hydrogens is 220 g/mol. The van der Waals surface area contributed by atoms with E-state index < -0.39 is 0 Å². The lowest BCUT2D eigenvalue weighted by Gasteiger charge is -2.18. The van der Waals surface area contributed by atoms with Crippen molar-refractivity contribution in [1.82, 2.24) is 5.32 Å². The van der Waals surface area contributed by atoms with Crippen molar-refractivity contribution in [2.75, 3.05) is 19.4 Å². The summed E-state index contributed by atoms with van der Waals surface area (Å²) >= 11 is 0. The van der Waals surface area contributed by atoms with Crippen LogP contribution in [0.25, 0.3) is 0 Å². The fraction of sp³-hybridized carbons (Fsp3) is 0.250. The summed E-state index contributed by atoms with van der Waals surface area (Å²) in [5, 5.41) is 6.52. The second-order valence-electron chi connectivity index (χ2n) is 4.51. The number of hydrogen-bond acceptors (Lipinski definition) is 2. The van der Waals surface area contributed by atoms with Gasteiger partial charge in [-0.25, -0.2) is 0 Å². The van der Waals surface area contributed by atoms with Gasteiger partial charge in [0.2, 0.25) is 0 Å². The van der Waals surface area contributed by atoms with Gasteiger partial charge >= 0.3 is 0 Å². The zero-order chi connectivity index (χ0) is 13.0. The first-order valence-corrected chi connectivity index (χ1v) is 6.26. The molecule has 0 aliphatic rings. The number of benzene rings is 2. The van der Waals surface area contributed by atoms with Crippen molar-refractivity contribution in [2.45, 2.75) is 13.0 Å². The van der Waals surface area contributed by atoms with Crippen molar-refractivity contribution < 1.29 is 0 Å². The minimum Gasteiger partial charge on any atom is -0.388 e. The van der Waals surface area contributed by atoms with E-state index in [2.05, 4.69) is 66.1 Å². The molecule has 0 bridgehead atoms. The quantitative estimate of drug-likeness (QED) is 0.856. The maximum atomic E-state index is 3.38. The molecule has 0 saturated heterocycles. The maximum Gasteiger partial charge on any atom is 0.0574 e. The molecule has 0 heterocycles. The molecule has 0 spiro atoms. The van der Waals surface area contributed by atoms with Gasteiger partial charge in [0.1, 0.15) is 0 Å². The lowest BCUT2D eigenvalue weighted by Crippen LogP contribution is -2.17. The molecule has 94 valence electrons. The lowest BCUT2D eigenvalue weighted by atomic mass is 9.97. The Morgan fingerprint density at radius 1 is 0.889 bits per heavy atom.